The second-order valence-electron chi connectivity index (χ2n) is 10.1. The molecule has 0 spiro atoms. The number of anilines is 1. The Bertz CT molecular complexity index is 1440. The summed E-state index contributed by atoms with van der Waals surface area (Å²) in [6.07, 6.45) is 1.07. The van der Waals surface area contributed by atoms with Crippen molar-refractivity contribution >= 4 is 27.5 Å². The maximum Gasteiger partial charge on any atom is 0.264 e. The molecule has 0 bridgehead atoms. The molecule has 1 N–H and O–H groups in total. The van der Waals surface area contributed by atoms with E-state index in [-0.39, 0.29) is 34.8 Å². The van der Waals surface area contributed by atoms with Gasteiger partial charge >= 0.3 is 0 Å². The summed E-state index contributed by atoms with van der Waals surface area (Å²) in [5.41, 5.74) is 1.85. The first-order chi connectivity index (χ1) is 20.0. The van der Waals surface area contributed by atoms with Gasteiger partial charge in [-0.2, -0.15) is 0 Å². The number of aryl methyl sites for hydroxylation is 1. The molecule has 0 aliphatic carbocycles. The van der Waals surface area contributed by atoms with Crippen molar-refractivity contribution in [3.05, 3.63) is 83.9 Å². The Balaban J connectivity index is 2.14. The van der Waals surface area contributed by atoms with Crippen LogP contribution in [0.5, 0.6) is 11.5 Å². The summed E-state index contributed by atoms with van der Waals surface area (Å²) in [5.74, 6) is -0.188. The Labute approximate surface area is 249 Å². The summed E-state index contributed by atoms with van der Waals surface area (Å²) in [4.78, 5) is 29.1. The number of amides is 2. The van der Waals surface area contributed by atoms with Gasteiger partial charge in [0.15, 0.2) is 0 Å². The Morgan fingerprint density at radius 2 is 1.57 bits per heavy atom. The molecule has 226 valence electrons. The molecule has 0 aliphatic heterocycles. The van der Waals surface area contributed by atoms with Gasteiger partial charge in [0.2, 0.25) is 11.8 Å². The molecular formula is C32H41N3O6S. The highest BCUT2D eigenvalue weighted by atomic mass is 32.2. The highest BCUT2D eigenvalue weighted by Crippen LogP contribution is 2.36. The third-order valence-corrected chi connectivity index (χ3v) is 8.90. The summed E-state index contributed by atoms with van der Waals surface area (Å²) in [6, 6.07) is 19.6. The van der Waals surface area contributed by atoms with E-state index in [0.717, 1.165) is 21.9 Å². The fraction of sp³-hybridized carbons (Fsp3) is 0.375. The number of ether oxygens (including phenoxy) is 2. The summed E-state index contributed by atoms with van der Waals surface area (Å²) in [6.45, 7) is 7.12. The predicted octanol–water partition coefficient (Wildman–Crippen LogP) is 4.93. The van der Waals surface area contributed by atoms with Crippen molar-refractivity contribution in [1.82, 2.24) is 10.2 Å². The normalized spacial score (nSPS) is 12.6. The van der Waals surface area contributed by atoms with E-state index in [1.807, 2.05) is 58.0 Å². The molecule has 10 heteroatoms. The van der Waals surface area contributed by atoms with Crippen molar-refractivity contribution in [2.75, 3.05) is 25.1 Å². The maximum atomic E-state index is 14.2. The number of nitrogens with zero attached hydrogens (tertiary/aromatic N) is 2. The lowest BCUT2D eigenvalue weighted by Crippen LogP contribution is -2.53. The number of sulfonamides is 1. The first kappa shape index (κ1) is 32.5. The highest BCUT2D eigenvalue weighted by Gasteiger charge is 2.35. The lowest BCUT2D eigenvalue weighted by atomic mass is 10.1. The van der Waals surface area contributed by atoms with E-state index in [1.54, 1.807) is 24.3 Å². The van der Waals surface area contributed by atoms with Gasteiger partial charge in [-0.3, -0.25) is 13.9 Å². The van der Waals surface area contributed by atoms with E-state index < -0.39 is 28.5 Å². The van der Waals surface area contributed by atoms with Gasteiger partial charge in [-0.25, -0.2) is 8.42 Å². The molecular weight excluding hydrogens is 554 g/mol. The van der Waals surface area contributed by atoms with Crippen molar-refractivity contribution in [3.8, 4) is 11.5 Å². The van der Waals surface area contributed by atoms with Gasteiger partial charge < -0.3 is 19.7 Å². The molecule has 0 aliphatic rings. The molecule has 0 heterocycles. The quantitative estimate of drug-likeness (QED) is 0.283. The van der Waals surface area contributed by atoms with Crippen LogP contribution in [0.25, 0.3) is 0 Å². The molecule has 0 fully saturated rings. The van der Waals surface area contributed by atoms with Crippen LogP contribution < -0.4 is 19.1 Å². The molecule has 3 aromatic carbocycles. The van der Waals surface area contributed by atoms with E-state index in [1.165, 1.54) is 37.3 Å². The van der Waals surface area contributed by atoms with E-state index in [4.69, 9.17) is 9.47 Å². The van der Waals surface area contributed by atoms with E-state index >= 15 is 0 Å². The molecule has 0 unspecified atom stereocenters. The number of hydrogen-bond acceptors (Lipinski definition) is 6. The van der Waals surface area contributed by atoms with Crippen molar-refractivity contribution in [2.45, 2.75) is 64.1 Å². The number of hydrogen-bond donors (Lipinski definition) is 1. The SMILES string of the molecule is CC[C@H](C)NC(=O)[C@H](CC)N(Cc1ccccc1)C(=O)CN(c1cc(OC)ccc1OC)S(=O)(=O)c1ccc(C)cc1. The van der Waals surface area contributed by atoms with Crippen LogP contribution in [-0.2, 0) is 26.2 Å². The molecule has 3 rings (SSSR count). The first-order valence-corrected chi connectivity index (χ1v) is 15.4. The number of methoxy groups -OCH3 is 2. The number of carbonyl (C=O) groups excluding carboxylic acids is 2. The standard InChI is InChI=1S/C32H41N3O6S/c1-7-24(4)33-32(37)28(8-2)34(21-25-12-10-9-11-13-25)31(36)22-35(29-20-26(40-5)16-19-30(29)41-6)42(38,39)27-17-14-23(3)15-18-27/h9-20,24,28H,7-8,21-22H2,1-6H3,(H,33,37)/t24-,28-/m0/s1. The third kappa shape index (κ3) is 7.82. The van der Waals surface area contributed by atoms with Crippen LogP contribution in [0.15, 0.2) is 77.7 Å². The molecule has 0 aromatic heterocycles. The molecule has 9 nitrogen and oxygen atoms in total. The van der Waals surface area contributed by atoms with Gasteiger partial charge in [-0.1, -0.05) is 61.9 Å². The van der Waals surface area contributed by atoms with Gasteiger partial charge in [-0.15, -0.1) is 0 Å². The van der Waals surface area contributed by atoms with Gasteiger partial charge in [0.1, 0.15) is 24.1 Å². The zero-order valence-corrected chi connectivity index (χ0v) is 26.0. The van der Waals surface area contributed by atoms with Gasteiger partial charge in [-0.05, 0) is 56.5 Å². The molecule has 0 saturated heterocycles. The zero-order chi connectivity index (χ0) is 30.9. The van der Waals surface area contributed by atoms with Crippen molar-refractivity contribution < 1.29 is 27.5 Å². The summed E-state index contributed by atoms with van der Waals surface area (Å²) in [5, 5.41) is 2.98. The molecule has 0 radical (unpaired) electrons. The number of rotatable bonds is 14. The Morgan fingerprint density at radius 3 is 2.14 bits per heavy atom. The summed E-state index contributed by atoms with van der Waals surface area (Å²) in [7, 11) is -1.36. The first-order valence-electron chi connectivity index (χ1n) is 14.0. The van der Waals surface area contributed by atoms with Crippen LogP contribution in [0.4, 0.5) is 5.69 Å². The van der Waals surface area contributed by atoms with Crippen molar-refractivity contribution in [2.24, 2.45) is 0 Å². The second kappa shape index (κ2) is 14.7. The van der Waals surface area contributed by atoms with Crippen LogP contribution in [0, 0.1) is 6.92 Å². The van der Waals surface area contributed by atoms with Crippen LogP contribution >= 0.6 is 0 Å². The minimum Gasteiger partial charge on any atom is -0.497 e. The Morgan fingerprint density at radius 1 is 0.905 bits per heavy atom. The minimum atomic E-state index is -4.26. The minimum absolute atomic E-state index is 0.0157. The highest BCUT2D eigenvalue weighted by molar-refractivity contribution is 7.92. The third-order valence-electron chi connectivity index (χ3n) is 7.13. The van der Waals surface area contributed by atoms with Crippen LogP contribution in [0.3, 0.4) is 0 Å². The smallest absolute Gasteiger partial charge is 0.264 e. The van der Waals surface area contributed by atoms with E-state index in [0.29, 0.717) is 12.2 Å². The Hall–Kier alpha value is -4.05. The van der Waals surface area contributed by atoms with E-state index in [2.05, 4.69) is 5.32 Å². The molecule has 2 amide bonds. The number of nitrogens with one attached hydrogen (secondary N) is 1. The van der Waals surface area contributed by atoms with Gasteiger partial charge in [0, 0.05) is 18.7 Å². The van der Waals surface area contributed by atoms with Crippen LogP contribution in [-0.4, -0.2) is 58.0 Å². The molecule has 0 saturated carbocycles. The fourth-order valence-corrected chi connectivity index (χ4v) is 5.90. The zero-order valence-electron chi connectivity index (χ0n) is 25.2. The number of benzene rings is 3. The Kier molecular flexibility index (Phi) is 11.4. The largest absolute Gasteiger partial charge is 0.497 e. The van der Waals surface area contributed by atoms with E-state index in [9.17, 15) is 18.0 Å². The average Bonchev–Trinajstić information content (AvgIpc) is 2.99. The van der Waals surface area contributed by atoms with Crippen LogP contribution in [0.2, 0.25) is 0 Å². The predicted molar refractivity (Wildman–Crippen MR) is 164 cm³/mol. The van der Waals surface area contributed by atoms with Crippen LogP contribution in [0.1, 0.15) is 44.7 Å². The molecule has 2 atom stereocenters. The van der Waals surface area contributed by atoms with Gasteiger partial charge in [0.05, 0.1) is 24.8 Å². The maximum absolute atomic E-state index is 14.2. The summed E-state index contributed by atoms with van der Waals surface area (Å²) >= 11 is 0. The molecule has 42 heavy (non-hydrogen) atoms. The summed E-state index contributed by atoms with van der Waals surface area (Å²) < 4.78 is 40.3. The number of carbonyl (C=O) groups is 2. The van der Waals surface area contributed by atoms with Crippen molar-refractivity contribution in [1.29, 1.82) is 0 Å². The fourth-order valence-electron chi connectivity index (χ4n) is 4.48. The topological polar surface area (TPSA) is 105 Å². The second-order valence-corrected chi connectivity index (χ2v) is 12.0. The van der Waals surface area contributed by atoms with Gasteiger partial charge in [0.25, 0.3) is 10.0 Å². The van der Waals surface area contributed by atoms with Crippen molar-refractivity contribution in [3.63, 3.8) is 0 Å². The molecule has 3 aromatic rings. The lowest BCUT2D eigenvalue weighted by Gasteiger charge is -2.34. The average molecular weight is 596 g/mol. The monoisotopic (exact) mass is 595 g/mol. The lowest BCUT2D eigenvalue weighted by molar-refractivity contribution is -0.140.